The molecule has 2 rings (SSSR count). The molecule has 0 aliphatic carbocycles. The minimum absolute atomic E-state index is 0.325. The van der Waals surface area contributed by atoms with Gasteiger partial charge in [-0.2, -0.15) is 4.98 Å². The van der Waals surface area contributed by atoms with Gasteiger partial charge in [0.2, 0.25) is 0 Å². The van der Waals surface area contributed by atoms with Gasteiger partial charge in [0.1, 0.15) is 18.3 Å². The molecule has 9 heteroatoms. The van der Waals surface area contributed by atoms with Crippen molar-refractivity contribution >= 4 is 5.82 Å². The summed E-state index contributed by atoms with van der Waals surface area (Å²) in [5.41, 5.74) is 4.45. The summed E-state index contributed by atoms with van der Waals surface area (Å²) in [6, 6.07) is 0. The first-order chi connectivity index (χ1) is 9.53. The fourth-order valence-electron chi connectivity index (χ4n) is 2.25. The van der Waals surface area contributed by atoms with Crippen LogP contribution in [0.25, 0.3) is 0 Å². The Bertz CT molecular complexity index is 537. The smallest absolute Gasteiger partial charge is 0.351 e. The van der Waals surface area contributed by atoms with E-state index in [1.165, 1.54) is 14.2 Å². The molecule has 0 saturated carbocycles. The first-order valence-corrected chi connectivity index (χ1v) is 5.89. The topological polar surface area (TPSA) is 109 Å². The molecule has 8 nitrogen and oxygen atoms in total. The average Bonchev–Trinajstić information content (AvgIpc) is 2.80. The summed E-state index contributed by atoms with van der Waals surface area (Å²) in [6.07, 6.45) is -2.05. The second-order valence-corrected chi connectivity index (χ2v) is 4.31. The van der Waals surface area contributed by atoms with Crippen LogP contribution >= 0.6 is 0 Å². The lowest BCUT2D eigenvalue weighted by Crippen LogP contribution is -2.38. The molecule has 2 heterocycles. The van der Waals surface area contributed by atoms with Crippen LogP contribution in [0.5, 0.6) is 0 Å². The van der Waals surface area contributed by atoms with Crippen LogP contribution in [0.1, 0.15) is 6.23 Å². The number of hydrogen-bond acceptors (Lipinski definition) is 7. The van der Waals surface area contributed by atoms with E-state index in [-0.39, 0.29) is 6.61 Å². The molecule has 20 heavy (non-hydrogen) atoms. The lowest BCUT2D eigenvalue weighted by Gasteiger charge is -2.22. The second kappa shape index (κ2) is 5.83. The Balaban J connectivity index is 2.41. The maximum atomic E-state index is 13.5. The monoisotopic (exact) mass is 289 g/mol. The highest BCUT2D eigenvalue weighted by atomic mass is 19.1. The number of nitrogens with two attached hydrogens (primary N) is 1. The molecule has 1 fully saturated rings. The van der Waals surface area contributed by atoms with Gasteiger partial charge >= 0.3 is 5.69 Å². The van der Waals surface area contributed by atoms with E-state index in [1.807, 2.05) is 0 Å². The zero-order valence-electron chi connectivity index (χ0n) is 11.0. The third-order valence-electron chi connectivity index (χ3n) is 3.22. The third-order valence-corrected chi connectivity index (χ3v) is 3.22. The van der Waals surface area contributed by atoms with Crippen LogP contribution in [-0.2, 0) is 14.2 Å². The van der Waals surface area contributed by atoms with E-state index in [4.69, 9.17) is 19.9 Å². The van der Waals surface area contributed by atoms with E-state index in [0.717, 1.165) is 10.8 Å². The predicted octanol–water partition coefficient (Wildman–Crippen LogP) is -1.12. The Morgan fingerprint density at radius 3 is 2.70 bits per heavy atom. The highest BCUT2D eigenvalue weighted by Crippen LogP contribution is 2.32. The van der Waals surface area contributed by atoms with Crippen molar-refractivity contribution in [3.8, 4) is 0 Å². The molecule has 0 radical (unpaired) electrons. The van der Waals surface area contributed by atoms with E-state index >= 15 is 0 Å². The molecule has 0 bridgehead atoms. The minimum Gasteiger partial charge on any atom is -0.394 e. The largest absolute Gasteiger partial charge is 0.394 e. The standard InChI is InChI=1S/C11H16FN3O5/c1-18-7-6(4-16)20-10(8(7)19-2)15-3-5(12)9(13)14-11(15)17/h3,6-8,10,16H,4H2,1-2H3,(H2,13,14,17)/t6-,7?,8?,10-/m1/s1. The number of nitrogen functional groups attached to an aromatic ring is 1. The van der Waals surface area contributed by atoms with Crippen molar-refractivity contribution in [1.29, 1.82) is 0 Å². The number of methoxy groups -OCH3 is 2. The van der Waals surface area contributed by atoms with Gasteiger partial charge in [0.25, 0.3) is 0 Å². The number of hydrogen-bond donors (Lipinski definition) is 2. The van der Waals surface area contributed by atoms with Crippen molar-refractivity contribution in [3.05, 3.63) is 22.5 Å². The molecule has 1 saturated heterocycles. The number of anilines is 1. The van der Waals surface area contributed by atoms with E-state index in [2.05, 4.69) is 4.98 Å². The summed E-state index contributed by atoms with van der Waals surface area (Å²) in [6.45, 7) is -0.325. The molecule has 1 aliphatic rings. The van der Waals surface area contributed by atoms with E-state index < -0.39 is 41.9 Å². The van der Waals surface area contributed by atoms with Gasteiger partial charge in [-0.25, -0.2) is 9.18 Å². The molecule has 1 aromatic rings. The maximum Gasteiger partial charge on any atom is 0.351 e. The molecule has 0 spiro atoms. The third kappa shape index (κ3) is 2.40. The average molecular weight is 289 g/mol. The predicted molar refractivity (Wildman–Crippen MR) is 65.5 cm³/mol. The summed E-state index contributed by atoms with van der Waals surface area (Å²) in [5.74, 6) is -1.33. The van der Waals surface area contributed by atoms with Crippen molar-refractivity contribution in [1.82, 2.24) is 9.55 Å². The Kier molecular flexibility index (Phi) is 4.33. The molecule has 4 atom stereocenters. The van der Waals surface area contributed by atoms with Crippen LogP contribution in [0, 0.1) is 5.82 Å². The molecular formula is C11H16FN3O5. The van der Waals surface area contributed by atoms with Crippen molar-refractivity contribution in [2.45, 2.75) is 24.5 Å². The fourth-order valence-corrected chi connectivity index (χ4v) is 2.25. The number of ether oxygens (including phenoxy) is 3. The van der Waals surface area contributed by atoms with Crippen LogP contribution in [0.2, 0.25) is 0 Å². The summed E-state index contributed by atoms with van der Waals surface area (Å²) in [4.78, 5) is 15.2. The van der Waals surface area contributed by atoms with Crippen LogP contribution < -0.4 is 11.4 Å². The van der Waals surface area contributed by atoms with Crippen molar-refractivity contribution in [2.75, 3.05) is 26.6 Å². The summed E-state index contributed by atoms with van der Waals surface area (Å²) < 4.78 is 30.3. The lowest BCUT2D eigenvalue weighted by atomic mass is 10.1. The molecule has 0 aromatic carbocycles. The van der Waals surface area contributed by atoms with Crippen LogP contribution in [0.4, 0.5) is 10.2 Å². The molecule has 1 aromatic heterocycles. The molecule has 112 valence electrons. The Morgan fingerprint density at radius 2 is 2.15 bits per heavy atom. The molecule has 2 unspecified atom stereocenters. The minimum atomic E-state index is -0.961. The Morgan fingerprint density at radius 1 is 1.50 bits per heavy atom. The Labute approximate surface area is 113 Å². The number of nitrogens with zero attached hydrogens (tertiary/aromatic N) is 2. The zero-order chi connectivity index (χ0) is 14.9. The van der Waals surface area contributed by atoms with E-state index in [1.54, 1.807) is 0 Å². The van der Waals surface area contributed by atoms with Crippen molar-refractivity contribution in [3.63, 3.8) is 0 Å². The van der Waals surface area contributed by atoms with Gasteiger partial charge in [-0.1, -0.05) is 0 Å². The number of aromatic nitrogens is 2. The number of aliphatic hydroxyl groups is 1. The van der Waals surface area contributed by atoms with Crippen molar-refractivity contribution < 1.29 is 23.7 Å². The van der Waals surface area contributed by atoms with Gasteiger partial charge in [-0.05, 0) is 0 Å². The van der Waals surface area contributed by atoms with Gasteiger partial charge < -0.3 is 25.1 Å². The molecular weight excluding hydrogens is 273 g/mol. The lowest BCUT2D eigenvalue weighted by molar-refractivity contribution is -0.0628. The molecule has 0 amide bonds. The van der Waals surface area contributed by atoms with Gasteiger partial charge in [-0.15, -0.1) is 0 Å². The van der Waals surface area contributed by atoms with Gasteiger partial charge in [0.05, 0.1) is 12.8 Å². The maximum absolute atomic E-state index is 13.5. The second-order valence-electron chi connectivity index (χ2n) is 4.31. The van der Waals surface area contributed by atoms with Crippen LogP contribution in [0.3, 0.4) is 0 Å². The first kappa shape index (κ1) is 14.9. The first-order valence-electron chi connectivity index (χ1n) is 5.89. The summed E-state index contributed by atoms with van der Waals surface area (Å²) >= 11 is 0. The normalized spacial score (nSPS) is 29.8. The van der Waals surface area contributed by atoms with E-state index in [9.17, 15) is 14.3 Å². The van der Waals surface area contributed by atoms with Gasteiger partial charge in [0.15, 0.2) is 17.9 Å². The highest BCUT2D eigenvalue weighted by molar-refractivity contribution is 5.26. The van der Waals surface area contributed by atoms with E-state index in [0.29, 0.717) is 0 Å². The highest BCUT2D eigenvalue weighted by Gasteiger charge is 2.46. The van der Waals surface area contributed by atoms with Gasteiger partial charge in [-0.3, -0.25) is 4.57 Å². The molecule has 1 aliphatic heterocycles. The van der Waals surface area contributed by atoms with Gasteiger partial charge in [0, 0.05) is 14.2 Å². The SMILES string of the molecule is COC1C(OC)[C@@H](CO)O[C@H]1n1cc(F)c(N)nc1=O. The zero-order valence-corrected chi connectivity index (χ0v) is 11.0. The number of aliphatic hydroxyl groups excluding tert-OH is 1. The fraction of sp³-hybridized carbons (Fsp3) is 0.636. The van der Waals surface area contributed by atoms with Crippen LogP contribution in [-0.4, -0.2) is 53.8 Å². The summed E-state index contributed by atoms with van der Waals surface area (Å²) in [7, 11) is 2.83. The van der Waals surface area contributed by atoms with Crippen LogP contribution in [0.15, 0.2) is 11.0 Å². The Hall–Kier alpha value is -1.55. The number of halogens is 1. The quantitative estimate of drug-likeness (QED) is 0.723. The summed E-state index contributed by atoms with van der Waals surface area (Å²) in [5, 5.41) is 9.26. The molecule has 3 N–H and O–H groups in total. The number of rotatable bonds is 4. The van der Waals surface area contributed by atoms with Crippen molar-refractivity contribution in [2.24, 2.45) is 0 Å².